The van der Waals surface area contributed by atoms with Crippen LogP contribution in [0.15, 0.2) is 46.8 Å². The number of hydrogen-bond donors (Lipinski definition) is 2. The van der Waals surface area contributed by atoms with E-state index in [9.17, 15) is 22.8 Å². The van der Waals surface area contributed by atoms with Crippen LogP contribution in [0, 0.1) is 17.5 Å². The molecule has 0 bridgehead atoms. The maximum Gasteiger partial charge on any atom is 0.257 e. The molecule has 28 heavy (non-hydrogen) atoms. The molecule has 2 amide bonds. The number of amides is 2. The Kier molecular flexibility index (Phi) is 6.26. The first-order valence-electron chi connectivity index (χ1n) is 7.69. The van der Waals surface area contributed by atoms with Crippen LogP contribution in [0.4, 0.5) is 24.0 Å². The summed E-state index contributed by atoms with van der Waals surface area (Å²) in [5.74, 6) is -3.14. The summed E-state index contributed by atoms with van der Waals surface area (Å²) < 4.78 is 39.7. The number of aromatic nitrogens is 2. The molecule has 1 aromatic heterocycles. The summed E-state index contributed by atoms with van der Waals surface area (Å²) in [5.41, 5.74) is 0.128. The number of hydrogen-bond acceptors (Lipinski definition) is 6. The Morgan fingerprint density at radius 2 is 1.68 bits per heavy atom. The smallest absolute Gasteiger partial charge is 0.257 e. The van der Waals surface area contributed by atoms with Crippen LogP contribution in [0.5, 0.6) is 0 Å². The van der Waals surface area contributed by atoms with Crippen LogP contribution in [0.2, 0.25) is 0 Å². The normalized spacial score (nSPS) is 10.5. The van der Waals surface area contributed by atoms with Crippen molar-refractivity contribution in [2.45, 2.75) is 4.34 Å². The van der Waals surface area contributed by atoms with Crippen LogP contribution in [0.25, 0.3) is 0 Å². The van der Waals surface area contributed by atoms with Gasteiger partial charge in [-0.25, -0.2) is 13.2 Å². The maximum atomic E-state index is 13.5. The lowest BCUT2D eigenvalue weighted by Gasteiger charge is -2.05. The molecule has 0 aliphatic carbocycles. The quantitative estimate of drug-likeness (QED) is 0.463. The number of halogens is 3. The Bertz CT molecular complexity index is 1010. The fourth-order valence-electron chi connectivity index (χ4n) is 1.99. The first-order valence-corrected chi connectivity index (χ1v) is 9.49. The number of nitrogens with one attached hydrogen (secondary N) is 2. The zero-order valence-corrected chi connectivity index (χ0v) is 15.5. The van der Waals surface area contributed by atoms with Gasteiger partial charge in [-0.3, -0.25) is 14.9 Å². The van der Waals surface area contributed by atoms with Crippen molar-refractivity contribution in [3.63, 3.8) is 0 Å². The zero-order valence-electron chi connectivity index (χ0n) is 13.9. The van der Waals surface area contributed by atoms with Crippen LogP contribution in [0.1, 0.15) is 10.4 Å². The number of thioether (sulfide) groups is 1. The number of anilines is 2. The number of carbonyl (C=O) groups is 2. The molecule has 0 saturated heterocycles. The van der Waals surface area contributed by atoms with Crippen LogP contribution in [-0.4, -0.2) is 27.8 Å². The summed E-state index contributed by atoms with van der Waals surface area (Å²) in [7, 11) is 0. The average molecular weight is 424 g/mol. The third-order valence-electron chi connectivity index (χ3n) is 3.27. The van der Waals surface area contributed by atoms with Gasteiger partial charge in [0.2, 0.25) is 11.0 Å². The average Bonchev–Trinajstić information content (AvgIpc) is 3.10. The van der Waals surface area contributed by atoms with E-state index in [-0.39, 0.29) is 22.1 Å². The Labute approximate surface area is 165 Å². The molecule has 0 radical (unpaired) electrons. The third-order valence-corrected chi connectivity index (χ3v) is 5.24. The second-order valence-electron chi connectivity index (χ2n) is 5.30. The fraction of sp³-hybridized carbons (Fsp3) is 0.0588. The lowest BCUT2D eigenvalue weighted by molar-refractivity contribution is -0.113. The molecule has 3 rings (SSSR count). The van der Waals surface area contributed by atoms with E-state index in [2.05, 4.69) is 20.8 Å². The Hall–Kier alpha value is -2.92. The molecule has 2 N–H and O–H groups in total. The predicted molar refractivity (Wildman–Crippen MR) is 100.0 cm³/mol. The first-order chi connectivity index (χ1) is 13.4. The number of benzene rings is 2. The molecular formula is C17H11F3N4O2S2. The van der Waals surface area contributed by atoms with Crippen molar-refractivity contribution in [2.75, 3.05) is 16.4 Å². The van der Waals surface area contributed by atoms with Crippen molar-refractivity contribution in [3.05, 3.63) is 65.5 Å². The third kappa shape index (κ3) is 5.30. The Morgan fingerprint density at radius 3 is 2.39 bits per heavy atom. The van der Waals surface area contributed by atoms with Crippen molar-refractivity contribution in [1.82, 2.24) is 10.2 Å². The van der Waals surface area contributed by atoms with Gasteiger partial charge in [0.05, 0.1) is 11.4 Å². The highest BCUT2D eigenvalue weighted by Crippen LogP contribution is 2.26. The highest BCUT2D eigenvalue weighted by molar-refractivity contribution is 8.01. The lowest BCUT2D eigenvalue weighted by atomic mass is 10.2. The molecule has 2 aromatic carbocycles. The van der Waals surface area contributed by atoms with Crippen LogP contribution in [-0.2, 0) is 4.79 Å². The molecule has 6 nitrogen and oxygen atoms in total. The van der Waals surface area contributed by atoms with Crippen molar-refractivity contribution >= 4 is 45.7 Å². The molecule has 0 saturated carbocycles. The van der Waals surface area contributed by atoms with Crippen LogP contribution >= 0.6 is 23.1 Å². The van der Waals surface area contributed by atoms with Gasteiger partial charge in [-0.1, -0.05) is 23.1 Å². The highest BCUT2D eigenvalue weighted by Gasteiger charge is 2.13. The second kappa shape index (κ2) is 8.85. The maximum absolute atomic E-state index is 13.5. The van der Waals surface area contributed by atoms with Gasteiger partial charge < -0.3 is 5.32 Å². The van der Waals surface area contributed by atoms with E-state index in [0.717, 1.165) is 35.2 Å². The standard InChI is InChI=1S/C17H11F3N4O2S2/c18-10-3-1-9(2-4-10)15(26)22-16-23-24-17(28-16)27-8-14(25)21-13-6-5-11(19)7-12(13)20/h1-7H,8H2,(H,21,25)(H,22,23,26). The molecule has 0 aliphatic heterocycles. The summed E-state index contributed by atoms with van der Waals surface area (Å²) in [6.45, 7) is 0. The van der Waals surface area contributed by atoms with E-state index in [1.807, 2.05) is 0 Å². The topological polar surface area (TPSA) is 84.0 Å². The minimum atomic E-state index is -0.875. The van der Waals surface area contributed by atoms with Gasteiger partial charge in [-0.05, 0) is 36.4 Å². The molecule has 1 heterocycles. The summed E-state index contributed by atoms with van der Waals surface area (Å²) in [6, 6.07) is 7.83. The number of rotatable bonds is 6. The number of carbonyl (C=O) groups excluding carboxylic acids is 2. The van der Waals surface area contributed by atoms with Gasteiger partial charge in [0, 0.05) is 11.6 Å². The molecule has 0 atom stereocenters. The lowest BCUT2D eigenvalue weighted by Crippen LogP contribution is -2.15. The van der Waals surface area contributed by atoms with Crippen LogP contribution in [0.3, 0.4) is 0 Å². The van der Waals surface area contributed by atoms with E-state index in [4.69, 9.17) is 0 Å². The van der Waals surface area contributed by atoms with Gasteiger partial charge in [0.15, 0.2) is 4.34 Å². The van der Waals surface area contributed by atoms with Crippen LogP contribution < -0.4 is 10.6 Å². The van der Waals surface area contributed by atoms with E-state index in [1.54, 1.807) is 0 Å². The molecule has 11 heteroatoms. The summed E-state index contributed by atoms with van der Waals surface area (Å²) in [5, 5.41) is 12.7. The van der Waals surface area contributed by atoms with Gasteiger partial charge in [0.1, 0.15) is 17.5 Å². The summed E-state index contributed by atoms with van der Waals surface area (Å²) in [4.78, 5) is 23.9. The van der Waals surface area contributed by atoms with Crippen molar-refractivity contribution in [2.24, 2.45) is 0 Å². The minimum Gasteiger partial charge on any atom is -0.323 e. The molecular weight excluding hydrogens is 413 g/mol. The largest absolute Gasteiger partial charge is 0.323 e. The molecule has 0 fully saturated rings. The summed E-state index contributed by atoms with van der Waals surface area (Å²) in [6.07, 6.45) is 0. The van der Waals surface area contributed by atoms with Gasteiger partial charge in [-0.15, -0.1) is 10.2 Å². The summed E-state index contributed by atoms with van der Waals surface area (Å²) >= 11 is 2.08. The SMILES string of the molecule is O=C(CSc1nnc(NC(=O)c2ccc(F)cc2)s1)Nc1ccc(F)cc1F. The Balaban J connectivity index is 1.52. The van der Waals surface area contributed by atoms with E-state index in [0.29, 0.717) is 10.4 Å². The minimum absolute atomic E-state index is 0.0860. The van der Waals surface area contributed by atoms with Crippen molar-refractivity contribution in [1.29, 1.82) is 0 Å². The monoisotopic (exact) mass is 424 g/mol. The molecule has 0 unspecified atom stereocenters. The van der Waals surface area contributed by atoms with Gasteiger partial charge in [-0.2, -0.15) is 0 Å². The van der Waals surface area contributed by atoms with Gasteiger partial charge in [0.25, 0.3) is 5.91 Å². The van der Waals surface area contributed by atoms with Crippen molar-refractivity contribution in [3.8, 4) is 0 Å². The number of nitrogens with zero attached hydrogens (tertiary/aromatic N) is 2. The zero-order chi connectivity index (χ0) is 20.1. The highest BCUT2D eigenvalue weighted by atomic mass is 32.2. The van der Waals surface area contributed by atoms with E-state index < -0.39 is 29.3 Å². The van der Waals surface area contributed by atoms with Gasteiger partial charge >= 0.3 is 0 Å². The Morgan fingerprint density at radius 1 is 0.964 bits per heavy atom. The molecule has 0 aliphatic rings. The van der Waals surface area contributed by atoms with E-state index >= 15 is 0 Å². The van der Waals surface area contributed by atoms with E-state index in [1.165, 1.54) is 24.3 Å². The van der Waals surface area contributed by atoms with Crippen molar-refractivity contribution < 1.29 is 22.8 Å². The fourth-order valence-corrected chi connectivity index (χ4v) is 3.54. The first kappa shape index (κ1) is 19.8. The predicted octanol–water partition coefficient (Wildman–Crippen LogP) is 3.94. The molecule has 0 spiro atoms. The molecule has 3 aromatic rings. The second-order valence-corrected chi connectivity index (χ2v) is 7.50. The molecule has 144 valence electrons.